The van der Waals surface area contributed by atoms with E-state index in [1.165, 1.54) is 36.7 Å². The Kier molecular flexibility index (Phi) is 5.87. The lowest BCUT2D eigenvalue weighted by Gasteiger charge is -2.16. The molecule has 1 unspecified atom stereocenters. The van der Waals surface area contributed by atoms with E-state index >= 15 is 0 Å². The number of thioether (sulfide) groups is 1. The van der Waals surface area contributed by atoms with Crippen LogP contribution >= 0.6 is 11.8 Å². The van der Waals surface area contributed by atoms with Gasteiger partial charge in [0.05, 0.1) is 5.56 Å². The largest absolute Gasteiger partial charge is 0.416 e. The molecule has 0 radical (unpaired) electrons. The van der Waals surface area contributed by atoms with Crippen molar-refractivity contribution in [3.05, 3.63) is 59.9 Å². The molecule has 11 heteroatoms. The molecule has 3 rings (SSSR count). The van der Waals surface area contributed by atoms with Gasteiger partial charge in [0.1, 0.15) is 6.54 Å². The van der Waals surface area contributed by atoms with E-state index in [0.717, 1.165) is 28.5 Å². The standard InChI is InChI=1S/C18H14F6N4S/c1-11(12-2-4-14(5-3-12)18(22,23)24)29-16-27-26-15(13-6-8-25-9-7-13)28(16)10-17(19,20)21/h2-9,11H,10H2,1H3. The highest BCUT2D eigenvalue weighted by molar-refractivity contribution is 7.99. The molecule has 1 atom stereocenters. The predicted molar refractivity (Wildman–Crippen MR) is 95.0 cm³/mol. The third kappa shape index (κ3) is 5.28. The molecular formula is C18H14F6N4S. The van der Waals surface area contributed by atoms with Crippen molar-refractivity contribution in [2.24, 2.45) is 0 Å². The zero-order valence-corrected chi connectivity index (χ0v) is 15.7. The van der Waals surface area contributed by atoms with Crippen molar-refractivity contribution in [3.8, 4) is 11.4 Å². The zero-order valence-electron chi connectivity index (χ0n) is 14.9. The summed E-state index contributed by atoms with van der Waals surface area (Å²) in [6.07, 6.45) is -6.10. The first-order valence-electron chi connectivity index (χ1n) is 8.29. The molecule has 0 aliphatic carbocycles. The molecule has 0 saturated heterocycles. The second-order valence-corrected chi connectivity index (χ2v) is 7.43. The molecule has 154 valence electrons. The molecule has 0 N–H and O–H groups in total. The molecule has 2 aromatic heterocycles. The highest BCUT2D eigenvalue weighted by Gasteiger charge is 2.32. The number of hydrogen-bond acceptors (Lipinski definition) is 4. The summed E-state index contributed by atoms with van der Waals surface area (Å²) in [6, 6.07) is 7.52. The van der Waals surface area contributed by atoms with Crippen LogP contribution in [-0.4, -0.2) is 25.9 Å². The van der Waals surface area contributed by atoms with Crippen LogP contribution in [0.1, 0.15) is 23.3 Å². The highest BCUT2D eigenvalue weighted by atomic mass is 32.2. The molecule has 0 saturated carbocycles. The van der Waals surface area contributed by atoms with Crippen LogP contribution in [0, 0.1) is 0 Å². The first kappa shape index (κ1) is 21.2. The van der Waals surface area contributed by atoms with Gasteiger partial charge in [-0.25, -0.2) is 0 Å². The van der Waals surface area contributed by atoms with Crippen molar-refractivity contribution < 1.29 is 26.3 Å². The van der Waals surface area contributed by atoms with Crippen LogP contribution in [0.25, 0.3) is 11.4 Å². The van der Waals surface area contributed by atoms with Gasteiger partial charge in [0.15, 0.2) is 11.0 Å². The van der Waals surface area contributed by atoms with Gasteiger partial charge in [-0.05, 0) is 36.8 Å². The second-order valence-electron chi connectivity index (χ2n) is 6.12. The average Bonchev–Trinajstić information content (AvgIpc) is 3.02. The lowest BCUT2D eigenvalue weighted by molar-refractivity contribution is -0.141. The first-order chi connectivity index (χ1) is 13.5. The minimum absolute atomic E-state index is 0.0153. The Hall–Kier alpha value is -2.56. The molecule has 3 aromatic rings. The van der Waals surface area contributed by atoms with Crippen LogP contribution in [0.3, 0.4) is 0 Å². The smallest absolute Gasteiger partial charge is 0.293 e. The normalized spacial score (nSPS) is 13.5. The fourth-order valence-corrected chi connectivity index (χ4v) is 3.56. The minimum atomic E-state index is -4.50. The van der Waals surface area contributed by atoms with Crippen LogP contribution in [0.15, 0.2) is 53.9 Å². The monoisotopic (exact) mass is 432 g/mol. The lowest BCUT2D eigenvalue weighted by atomic mass is 10.1. The quantitative estimate of drug-likeness (QED) is 0.379. The number of benzene rings is 1. The Morgan fingerprint density at radius 3 is 2.10 bits per heavy atom. The summed E-state index contributed by atoms with van der Waals surface area (Å²) in [5.41, 5.74) is 0.152. The van der Waals surface area contributed by atoms with Crippen molar-refractivity contribution in [2.75, 3.05) is 0 Å². The minimum Gasteiger partial charge on any atom is -0.293 e. The summed E-state index contributed by atoms with van der Waals surface area (Å²) in [7, 11) is 0. The fraction of sp³-hybridized carbons (Fsp3) is 0.278. The van der Waals surface area contributed by atoms with Crippen LogP contribution in [0.2, 0.25) is 0 Å². The third-order valence-electron chi connectivity index (χ3n) is 3.98. The average molecular weight is 432 g/mol. The molecule has 4 nitrogen and oxygen atoms in total. The van der Waals surface area contributed by atoms with Gasteiger partial charge in [-0.15, -0.1) is 10.2 Å². The Labute approximate surface area is 166 Å². The lowest BCUT2D eigenvalue weighted by Crippen LogP contribution is -2.19. The van der Waals surface area contributed by atoms with Gasteiger partial charge < -0.3 is 0 Å². The van der Waals surface area contributed by atoms with Crippen LogP contribution < -0.4 is 0 Å². The number of pyridine rings is 1. The highest BCUT2D eigenvalue weighted by Crippen LogP contribution is 2.38. The zero-order chi connectivity index (χ0) is 21.2. The van der Waals surface area contributed by atoms with Gasteiger partial charge in [-0.1, -0.05) is 23.9 Å². The van der Waals surface area contributed by atoms with Crippen LogP contribution in [-0.2, 0) is 12.7 Å². The molecule has 1 aromatic carbocycles. The summed E-state index contributed by atoms with van der Waals surface area (Å²) < 4.78 is 78.4. The van der Waals surface area contributed by atoms with Crippen LogP contribution in [0.5, 0.6) is 0 Å². The number of nitrogens with zero attached hydrogens (tertiary/aromatic N) is 4. The van der Waals surface area contributed by atoms with E-state index in [1.807, 2.05) is 0 Å². The molecule has 29 heavy (non-hydrogen) atoms. The summed E-state index contributed by atoms with van der Waals surface area (Å²) >= 11 is 0.985. The van der Waals surface area contributed by atoms with Gasteiger partial charge in [0.25, 0.3) is 0 Å². The molecule has 2 heterocycles. The van der Waals surface area contributed by atoms with Crippen molar-refractivity contribution >= 4 is 11.8 Å². The molecule has 0 spiro atoms. The number of aromatic nitrogens is 4. The second kappa shape index (κ2) is 8.05. The molecule has 0 aliphatic rings. The van der Waals surface area contributed by atoms with E-state index in [0.29, 0.717) is 11.1 Å². The van der Waals surface area contributed by atoms with Crippen LogP contribution in [0.4, 0.5) is 26.3 Å². The molecular weight excluding hydrogens is 418 g/mol. The van der Waals surface area contributed by atoms with Gasteiger partial charge in [0, 0.05) is 23.2 Å². The van der Waals surface area contributed by atoms with E-state index < -0.39 is 29.7 Å². The molecule has 0 amide bonds. The van der Waals surface area contributed by atoms with Gasteiger partial charge in [-0.2, -0.15) is 26.3 Å². The van der Waals surface area contributed by atoms with Crippen molar-refractivity contribution in [3.63, 3.8) is 0 Å². The van der Waals surface area contributed by atoms with E-state index in [4.69, 9.17) is 0 Å². The number of rotatable bonds is 5. The van der Waals surface area contributed by atoms with E-state index in [-0.39, 0.29) is 11.0 Å². The van der Waals surface area contributed by atoms with Gasteiger partial charge in [0.2, 0.25) is 0 Å². The topological polar surface area (TPSA) is 43.6 Å². The number of halogens is 6. The maximum Gasteiger partial charge on any atom is 0.416 e. The number of alkyl halides is 6. The Balaban J connectivity index is 1.89. The maximum atomic E-state index is 13.1. The fourth-order valence-electron chi connectivity index (χ4n) is 2.58. The van der Waals surface area contributed by atoms with Crippen molar-refractivity contribution in [1.82, 2.24) is 19.7 Å². The SMILES string of the molecule is CC(Sc1nnc(-c2ccncc2)n1CC(F)(F)F)c1ccc(C(F)(F)F)cc1. The van der Waals surface area contributed by atoms with Gasteiger partial charge in [-0.3, -0.25) is 9.55 Å². The first-order valence-corrected chi connectivity index (χ1v) is 9.17. The molecule has 0 fully saturated rings. The van der Waals surface area contributed by atoms with E-state index in [9.17, 15) is 26.3 Å². The van der Waals surface area contributed by atoms with E-state index in [1.54, 1.807) is 6.92 Å². The Morgan fingerprint density at radius 2 is 1.55 bits per heavy atom. The van der Waals surface area contributed by atoms with Crippen molar-refractivity contribution in [1.29, 1.82) is 0 Å². The third-order valence-corrected chi connectivity index (χ3v) is 5.12. The molecule has 0 bridgehead atoms. The molecule has 0 aliphatic heterocycles. The Bertz CT molecular complexity index is 951. The summed E-state index contributed by atoms with van der Waals surface area (Å²) in [4.78, 5) is 3.83. The Morgan fingerprint density at radius 1 is 0.931 bits per heavy atom. The summed E-state index contributed by atoms with van der Waals surface area (Å²) in [6.45, 7) is 0.381. The van der Waals surface area contributed by atoms with E-state index in [2.05, 4.69) is 15.2 Å². The maximum absolute atomic E-state index is 13.1. The summed E-state index contributed by atoms with van der Waals surface area (Å²) in [5, 5.41) is 7.32. The van der Waals surface area contributed by atoms with Gasteiger partial charge >= 0.3 is 12.4 Å². The van der Waals surface area contributed by atoms with Crippen molar-refractivity contribution in [2.45, 2.75) is 36.2 Å². The summed E-state index contributed by atoms with van der Waals surface area (Å²) in [5.74, 6) is 0.0341. The predicted octanol–water partition coefficient (Wildman–Crippen LogP) is 5.77. The number of hydrogen-bond donors (Lipinski definition) is 0.